The zero-order valence-corrected chi connectivity index (χ0v) is 14.7. The molecule has 1 aromatic heterocycles. The Labute approximate surface area is 133 Å². The number of unbranched alkanes of at least 4 members (excludes halogenated alkanes) is 1. The van der Waals surface area contributed by atoms with Crippen molar-refractivity contribution in [1.29, 1.82) is 0 Å². The molecule has 20 heavy (non-hydrogen) atoms. The summed E-state index contributed by atoms with van der Waals surface area (Å²) in [5.41, 5.74) is 1.52. The van der Waals surface area contributed by atoms with E-state index in [2.05, 4.69) is 20.8 Å². The molecule has 1 heterocycles. The van der Waals surface area contributed by atoms with E-state index in [9.17, 15) is 0 Å². The Balaban J connectivity index is 1.94. The summed E-state index contributed by atoms with van der Waals surface area (Å²) in [5, 5.41) is 1.30. The molecule has 1 nitrogen and oxygen atoms in total. The quantitative estimate of drug-likeness (QED) is 0.595. The average molecular weight is 314 g/mol. The topological polar surface area (TPSA) is 12.9 Å². The summed E-state index contributed by atoms with van der Waals surface area (Å²) in [6.07, 6.45) is 10.6. The number of aryl methyl sites for hydroxylation is 2. The lowest BCUT2D eigenvalue weighted by molar-refractivity contribution is 0.166. The van der Waals surface area contributed by atoms with Gasteiger partial charge in [0.15, 0.2) is 0 Å². The van der Waals surface area contributed by atoms with Crippen molar-refractivity contribution in [2.45, 2.75) is 72.1 Å². The van der Waals surface area contributed by atoms with Crippen LogP contribution in [0.5, 0.6) is 0 Å². The smallest absolute Gasteiger partial charge is 0.0936 e. The number of halogens is 1. The minimum atomic E-state index is 0.320. The van der Waals surface area contributed by atoms with Gasteiger partial charge in [-0.05, 0) is 50.9 Å². The molecule has 0 unspecified atom stereocenters. The van der Waals surface area contributed by atoms with Gasteiger partial charge in [-0.2, -0.15) is 0 Å². The number of thiazole rings is 1. The standard InChI is InChI=1S/C17H28ClNS/c1-4-5-6-15-7-9-17(12-18,10-8-15)11-16-19-13(2)14(3)20-16/h15H,4-12H2,1-3H3. The zero-order chi connectivity index (χ0) is 14.6. The molecule has 1 saturated carbocycles. The first-order valence-electron chi connectivity index (χ1n) is 8.07. The van der Waals surface area contributed by atoms with E-state index in [1.54, 1.807) is 0 Å². The Bertz CT molecular complexity index is 399. The van der Waals surface area contributed by atoms with Crippen LogP contribution < -0.4 is 0 Å². The third-order valence-electron chi connectivity index (χ3n) is 5.01. The summed E-state index contributed by atoms with van der Waals surface area (Å²) in [7, 11) is 0. The lowest BCUT2D eigenvalue weighted by atomic mass is 9.69. The second-order valence-corrected chi connectivity index (χ2v) is 8.20. The summed E-state index contributed by atoms with van der Waals surface area (Å²) in [6, 6.07) is 0. The summed E-state index contributed by atoms with van der Waals surface area (Å²) in [5.74, 6) is 1.75. The zero-order valence-electron chi connectivity index (χ0n) is 13.2. The van der Waals surface area contributed by atoms with Crippen molar-refractivity contribution in [3.63, 3.8) is 0 Å². The van der Waals surface area contributed by atoms with E-state index < -0.39 is 0 Å². The summed E-state index contributed by atoms with van der Waals surface area (Å²) in [4.78, 5) is 6.09. The third-order valence-corrected chi connectivity index (χ3v) is 6.65. The van der Waals surface area contributed by atoms with Gasteiger partial charge in [-0.3, -0.25) is 0 Å². The molecule has 0 spiro atoms. The molecule has 114 valence electrons. The lowest BCUT2D eigenvalue weighted by Gasteiger charge is -2.38. The van der Waals surface area contributed by atoms with Gasteiger partial charge in [-0.1, -0.05) is 26.2 Å². The fourth-order valence-corrected chi connectivity index (χ4v) is 4.83. The average Bonchev–Trinajstić information content (AvgIpc) is 2.76. The first kappa shape index (κ1) is 16.3. The van der Waals surface area contributed by atoms with Crippen molar-refractivity contribution in [2.24, 2.45) is 11.3 Å². The van der Waals surface area contributed by atoms with Crippen LogP contribution in [-0.2, 0) is 6.42 Å². The Morgan fingerprint density at radius 1 is 1.30 bits per heavy atom. The first-order chi connectivity index (χ1) is 9.58. The predicted molar refractivity (Wildman–Crippen MR) is 89.9 cm³/mol. The maximum Gasteiger partial charge on any atom is 0.0936 e. The molecule has 1 aromatic rings. The molecule has 0 aromatic carbocycles. The SMILES string of the molecule is CCCCC1CCC(CCl)(Cc2nc(C)c(C)s2)CC1. The Hall–Kier alpha value is -0.0800. The number of aromatic nitrogens is 1. The van der Waals surface area contributed by atoms with Crippen LogP contribution in [0.1, 0.15) is 67.4 Å². The minimum Gasteiger partial charge on any atom is -0.246 e. The molecule has 2 rings (SSSR count). The van der Waals surface area contributed by atoms with Gasteiger partial charge < -0.3 is 0 Å². The number of rotatable bonds is 6. The first-order valence-corrected chi connectivity index (χ1v) is 9.42. The van der Waals surface area contributed by atoms with Crippen LogP contribution in [-0.4, -0.2) is 10.9 Å². The largest absolute Gasteiger partial charge is 0.246 e. The predicted octanol–water partition coefficient (Wildman–Crippen LogP) is 5.91. The highest BCUT2D eigenvalue weighted by Crippen LogP contribution is 2.44. The molecule has 0 saturated heterocycles. The van der Waals surface area contributed by atoms with Gasteiger partial charge in [0.25, 0.3) is 0 Å². The second kappa shape index (κ2) is 7.26. The minimum absolute atomic E-state index is 0.320. The monoisotopic (exact) mass is 313 g/mol. The molecule has 3 heteroatoms. The summed E-state index contributed by atoms with van der Waals surface area (Å²) >= 11 is 8.23. The van der Waals surface area contributed by atoms with Crippen molar-refractivity contribution < 1.29 is 0 Å². The number of hydrogen-bond donors (Lipinski definition) is 0. The highest BCUT2D eigenvalue weighted by Gasteiger charge is 2.35. The van der Waals surface area contributed by atoms with Crippen LogP contribution in [0.4, 0.5) is 0 Å². The van der Waals surface area contributed by atoms with E-state index in [0.29, 0.717) is 5.41 Å². The van der Waals surface area contributed by atoms with Gasteiger partial charge in [0.1, 0.15) is 0 Å². The fraction of sp³-hybridized carbons (Fsp3) is 0.824. The normalized spacial score (nSPS) is 26.9. The van der Waals surface area contributed by atoms with E-state index >= 15 is 0 Å². The van der Waals surface area contributed by atoms with Crippen LogP contribution >= 0.6 is 22.9 Å². The van der Waals surface area contributed by atoms with E-state index in [4.69, 9.17) is 16.6 Å². The number of alkyl halides is 1. The maximum atomic E-state index is 6.36. The lowest BCUT2D eigenvalue weighted by Crippen LogP contribution is -2.31. The summed E-state index contributed by atoms with van der Waals surface area (Å²) in [6.45, 7) is 6.58. The Kier molecular flexibility index (Phi) is 5.92. The van der Waals surface area contributed by atoms with E-state index in [1.165, 1.54) is 60.5 Å². The van der Waals surface area contributed by atoms with Gasteiger partial charge in [-0.15, -0.1) is 22.9 Å². The summed E-state index contributed by atoms with van der Waals surface area (Å²) < 4.78 is 0. The van der Waals surface area contributed by atoms with E-state index in [1.807, 2.05) is 11.3 Å². The molecule has 0 amide bonds. The Morgan fingerprint density at radius 2 is 2.00 bits per heavy atom. The highest BCUT2D eigenvalue weighted by atomic mass is 35.5. The molecule has 0 aliphatic heterocycles. The van der Waals surface area contributed by atoms with Gasteiger partial charge in [0.2, 0.25) is 0 Å². The van der Waals surface area contributed by atoms with Crippen molar-refractivity contribution in [2.75, 3.05) is 5.88 Å². The Morgan fingerprint density at radius 3 is 2.50 bits per heavy atom. The van der Waals surface area contributed by atoms with Crippen LogP contribution in [0, 0.1) is 25.2 Å². The van der Waals surface area contributed by atoms with Gasteiger partial charge in [0.05, 0.1) is 10.7 Å². The molecular formula is C17H28ClNS. The molecule has 0 radical (unpaired) electrons. The molecule has 1 aliphatic carbocycles. The maximum absolute atomic E-state index is 6.36. The third kappa shape index (κ3) is 3.98. The van der Waals surface area contributed by atoms with Crippen LogP contribution in [0.15, 0.2) is 0 Å². The molecule has 1 aliphatic rings. The fourth-order valence-electron chi connectivity index (χ4n) is 3.36. The van der Waals surface area contributed by atoms with Crippen molar-refractivity contribution in [3.05, 3.63) is 15.6 Å². The molecular weight excluding hydrogens is 286 g/mol. The second-order valence-electron chi connectivity index (χ2n) is 6.65. The molecule has 1 fully saturated rings. The van der Waals surface area contributed by atoms with Gasteiger partial charge >= 0.3 is 0 Å². The van der Waals surface area contributed by atoms with Crippen molar-refractivity contribution >= 4 is 22.9 Å². The van der Waals surface area contributed by atoms with E-state index in [0.717, 1.165) is 18.2 Å². The van der Waals surface area contributed by atoms with Gasteiger partial charge in [-0.25, -0.2) is 4.98 Å². The van der Waals surface area contributed by atoms with Crippen molar-refractivity contribution in [3.8, 4) is 0 Å². The molecule has 0 N–H and O–H groups in total. The van der Waals surface area contributed by atoms with Crippen LogP contribution in [0.3, 0.4) is 0 Å². The number of hydrogen-bond acceptors (Lipinski definition) is 2. The number of nitrogens with zero attached hydrogens (tertiary/aromatic N) is 1. The molecule has 0 bridgehead atoms. The molecule has 0 atom stereocenters. The highest BCUT2D eigenvalue weighted by molar-refractivity contribution is 7.11. The van der Waals surface area contributed by atoms with E-state index in [-0.39, 0.29) is 0 Å². The van der Waals surface area contributed by atoms with Crippen LogP contribution in [0.25, 0.3) is 0 Å². The van der Waals surface area contributed by atoms with Crippen molar-refractivity contribution in [1.82, 2.24) is 4.98 Å². The van der Waals surface area contributed by atoms with Gasteiger partial charge in [0, 0.05) is 17.2 Å². The van der Waals surface area contributed by atoms with Crippen LogP contribution in [0.2, 0.25) is 0 Å².